The summed E-state index contributed by atoms with van der Waals surface area (Å²) in [6.45, 7) is 1.49. The van der Waals surface area contributed by atoms with Gasteiger partial charge in [0.2, 0.25) is 0 Å². The fraction of sp³-hybridized carbons (Fsp3) is 0.250. The van der Waals surface area contributed by atoms with E-state index in [1.54, 1.807) is 0 Å². The van der Waals surface area contributed by atoms with Crippen LogP contribution in [-0.2, 0) is 17.8 Å². The van der Waals surface area contributed by atoms with E-state index in [4.69, 9.17) is 4.84 Å². The van der Waals surface area contributed by atoms with Crippen LogP contribution in [0.15, 0.2) is 60.7 Å². The Morgan fingerprint density at radius 2 is 1.39 bits per heavy atom. The first-order valence-electron chi connectivity index (χ1n) is 6.37. The van der Waals surface area contributed by atoms with Crippen molar-refractivity contribution in [2.24, 2.45) is 0 Å². The summed E-state index contributed by atoms with van der Waals surface area (Å²) >= 11 is 0. The molecule has 0 spiro atoms. The first-order valence-corrected chi connectivity index (χ1v) is 6.37. The molecular formula is C16H19NO. The van der Waals surface area contributed by atoms with E-state index in [-0.39, 0.29) is 0 Å². The summed E-state index contributed by atoms with van der Waals surface area (Å²) in [5, 5.41) is 0. The first-order chi connectivity index (χ1) is 8.95. The highest BCUT2D eigenvalue weighted by molar-refractivity contribution is 5.15. The summed E-state index contributed by atoms with van der Waals surface area (Å²) in [7, 11) is 0. The van der Waals surface area contributed by atoms with E-state index in [1.165, 1.54) is 11.1 Å². The van der Waals surface area contributed by atoms with Crippen LogP contribution in [0.2, 0.25) is 0 Å². The molecule has 0 saturated heterocycles. The van der Waals surface area contributed by atoms with Crippen LogP contribution in [0.25, 0.3) is 0 Å². The molecule has 0 unspecified atom stereocenters. The number of rotatable bonds is 7. The minimum atomic E-state index is 0.738. The molecule has 0 saturated carbocycles. The van der Waals surface area contributed by atoms with Gasteiger partial charge in [0, 0.05) is 6.54 Å². The largest absolute Gasteiger partial charge is 0.301 e. The van der Waals surface area contributed by atoms with Gasteiger partial charge in [0.25, 0.3) is 0 Å². The van der Waals surface area contributed by atoms with Crippen LogP contribution >= 0.6 is 0 Å². The van der Waals surface area contributed by atoms with Gasteiger partial charge < -0.3 is 4.84 Å². The minimum Gasteiger partial charge on any atom is -0.301 e. The summed E-state index contributed by atoms with van der Waals surface area (Å²) in [5.74, 6) is 0. The molecule has 2 nitrogen and oxygen atoms in total. The third-order valence-electron chi connectivity index (χ3n) is 2.78. The highest BCUT2D eigenvalue weighted by Gasteiger charge is 1.93. The molecule has 0 amide bonds. The van der Waals surface area contributed by atoms with Crippen molar-refractivity contribution in [3.63, 3.8) is 0 Å². The summed E-state index contributed by atoms with van der Waals surface area (Å²) < 4.78 is 0. The van der Waals surface area contributed by atoms with Crippen molar-refractivity contribution in [2.45, 2.75) is 19.4 Å². The molecule has 1 N–H and O–H groups in total. The predicted octanol–water partition coefficient (Wildman–Crippen LogP) is 3.34. The molecule has 2 rings (SSSR count). The molecule has 94 valence electrons. The molecule has 0 fully saturated rings. The Morgan fingerprint density at radius 1 is 0.778 bits per heavy atom. The predicted molar refractivity (Wildman–Crippen MR) is 74.0 cm³/mol. The van der Waals surface area contributed by atoms with Crippen LogP contribution in [0.4, 0.5) is 0 Å². The van der Waals surface area contributed by atoms with Crippen LogP contribution in [0.5, 0.6) is 0 Å². The van der Waals surface area contributed by atoms with E-state index in [9.17, 15) is 0 Å². The SMILES string of the molecule is c1ccc(CCCONCc2ccccc2)cc1. The van der Waals surface area contributed by atoms with E-state index in [1.807, 2.05) is 24.3 Å². The van der Waals surface area contributed by atoms with E-state index in [0.29, 0.717) is 0 Å². The van der Waals surface area contributed by atoms with Gasteiger partial charge in [-0.3, -0.25) is 0 Å². The fourth-order valence-corrected chi connectivity index (χ4v) is 1.80. The third kappa shape index (κ3) is 4.70. The molecule has 2 aromatic carbocycles. The Morgan fingerprint density at radius 3 is 2.06 bits per heavy atom. The molecule has 2 heteroatoms. The lowest BCUT2D eigenvalue weighted by Gasteiger charge is -2.06. The normalized spacial score (nSPS) is 10.4. The fourth-order valence-electron chi connectivity index (χ4n) is 1.80. The molecule has 18 heavy (non-hydrogen) atoms. The van der Waals surface area contributed by atoms with Crippen molar-refractivity contribution in [3.8, 4) is 0 Å². The molecule has 0 aliphatic rings. The van der Waals surface area contributed by atoms with Crippen molar-refractivity contribution >= 4 is 0 Å². The summed E-state index contributed by atoms with van der Waals surface area (Å²) in [4.78, 5) is 5.41. The zero-order valence-electron chi connectivity index (χ0n) is 10.5. The Kier molecular flexibility index (Phi) is 5.44. The second kappa shape index (κ2) is 7.64. The van der Waals surface area contributed by atoms with Gasteiger partial charge in [-0.25, -0.2) is 0 Å². The maximum absolute atomic E-state index is 5.41. The molecule has 0 bridgehead atoms. The lowest BCUT2D eigenvalue weighted by molar-refractivity contribution is 0.0352. The van der Waals surface area contributed by atoms with E-state index in [2.05, 4.69) is 41.9 Å². The summed E-state index contributed by atoms with van der Waals surface area (Å²) in [5.41, 5.74) is 5.59. The summed E-state index contributed by atoms with van der Waals surface area (Å²) in [6.07, 6.45) is 2.10. The van der Waals surface area contributed by atoms with Gasteiger partial charge in [0.15, 0.2) is 0 Å². The molecule has 0 aliphatic carbocycles. The highest BCUT2D eigenvalue weighted by atomic mass is 16.6. The third-order valence-corrected chi connectivity index (χ3v) is 2.78. The zero-order chi connectivity index (χ0) is 12.5. The van der Waals surface area contributed by atoms with Gasteiger partial charge in [0.1, 0.15) is 0 Å². The summed E-state index contributed by atoms with van der Waals surface area (Å²) in [6, 6.07) is 20.7. The lowest BCUT2D eigenvalue weighted by atomic mass is 10.1. The number of aryl methyl sites for hydroxylation is 1. The van der Waals surface area contributed by atoms with Crippen LogP contribution in [0.1, 0.15) is 17.5 Å². The van der Waals surface area contributed by atoms with Crippen LogP contribution < -0.4 is 5.48 Å². The molecule has 0 aromatic heterocycles. The van der Waals surface area contributed by atoms with Gasteiger partial charge in [0.05, 0.1) is 6.61 Å². The molecule has 0 aliphatic heterocycles. The standard InChI is InChI=1S/C16H19NO/c1-3-8-15(9-4-1)12-7-13-18-17-14-16-10-5-2-6-11-16/h1-6,8-11,17H,7,12-14H2. The Bertz CT molecular complexity index is 384. The molecule has 0 heterocycles. The van der Waals surface area contributed by atoms with Gasteiger partial charge in [-0.2, -0.15) is 5.48 Å². The second-order valence-corrected chi connectivity index (χ2v) is 4.24. The quantitative estimate of drug-likeness (QED) is 0.593. The topological polar surface area (TPSA) is 21.3 Å². The first kappa shape index (κ1) is 12.8. The smallest absolute Gasteiger partial charge is 0.0685 e. The highest BCUT2D eigenvalue weighted by Crippen LogP contribution is 2.02. The van der Waals surface area contributed by atoms with Crippen molar-refractivity contribution < 1.29 is 4.84 Å². The number of hydroxylamine groups is 1. The van der Waals surface area contributed by atoms with Crippen molar-refractivity contribution in [2.75, 3.05) is 6.61 Å². The van der Waals surface area contributed by atoms with Crippen LogP contribution in [0.3, 0.4) is 0 Å². The van der Waals surface area contributed by atoms with Gasteiger partial charge in [-0.15, -0.1) is 0 Å². The number of hydrogen-bond acceptors (Lipinski definition) is 2. The maximum atomic E-state index is 5.41. The van der Waals surface area contributed by atoms with Crippen molar-refractivity contribution in [1.82, 2.24) is 5.48 Å². The van der Waals surface area contributed by atoms with Crippen LogP contribution in [-0.4, -0.2) is 6.61 Å². The van der Waals surface area contributed by atoms with Gasteiger partial charge >= 0.3 is 0 Å². The van der Waals surface area contributed by atoms with E-state index >= 15 is 0 Å². The molecule has 0 radical (unpaired) electrons. The van der Waals surface area contributed by atoms with E-state index in [0.717, 1.165) is 26.0 Å². The lowest BCUT2D eigenvalue weighted by Crippen LogP contribution is -2.15. The Labute approximate surface area is 109 Å². The van der Waals surface area contributed by atoms with Gasteiger partial charge in [-0.1, -0.05) is 60.7 Å². The van der Waals surface area contributed by atoms with Gasteiger partial charge in [-0.05, 0) is 24.0 Å². The second-order valence-electron chi connectivity index (χ2n) is 4.24. The zero-order valence-corrected chi connectivity index (χ0v) is 10.5. The van der Waals surface area contributed by atoms with Crippen molar-refractivity contribution in [3.05, 3.63) is 71.8 Å². The van der Waals surface area contributed by atoms with Crippen LogP contribution in [0, 0.1) is 0 Å². The minimum absolute atomic E-state index is 0.738. The molecule has 2 aromatic rings. The molecular weight excluding hydrogens is 222 g/mol. The maximum Gasteiger partial charge on any atom is 0.0685 e. The van der Waals surface area contributed by atoms with E-state index < -0.39 is 0 Å². The Balaban J connectivity index is 1.54. The number of hydrogen-bond donors (Lipinski definition) is 1. The number of nitrogens with one attached hydrogen (secondary N) is 1. The monoisotopic (exact) mass is 241 g/mol. The number of benzene rings is 2. The Hall–Kier alpha value is -1.64. The van der Waals surface area contributed by atoms with Crippen molar-refractivity contribution in [1.29, 1.82) is 0 Å². The molecule has 0 atom stereocenters. The average molecular weight is 241 g/mol. The average Bonchev–Trinajstić information content (AvgIpc) is 2.45.